The van der Waals surface area contributed by atoms with Crippen molar-refractivity contribution in [2.75, 3.05) is 0 Å². The Balaban J connectivity index is 1.59. The number of aliphatic hydroxyl groups excluding tert-OH is 2. The molecule has 1 heterocycles. The zero-order valence-electron chi connectivity index (χ0n) is 17.7. The van der Waals surface area contributed by atoms with Crippen LogP contribution in [0.2, 0.25) is 0 Å². The van der Waals surface area contributed by atoms with Gasteiger partial charge in [0.2, 0.25) is 11.8 Å². The number of hydrogen-bond donors (Lipinski definition) is 2. The van der Waals surface area contributed by atoms with Gasteiger partial charge >= 0.3 is 0 Å². The number of rotatable bonds is 3. The van der Waals surface area contributed by atoms with Crippen LogP contribution in [-0.4, -0.2) is 50.4 Å². The molecule has 1 aliphatic heterocycles. The van der Waals surface area contributed by atoms with Gasteiger partial charge in [0.05, 0.1) is 29.8 Å². The van der Waals surface area contributed by atoms with Crippen molar-refractivity contribution in [3.8, 4) is 0 Å². The van der Waals surface area contributed by atoms with Crippen LogP contribution in [-0.2, 0) is 21.0 Å². The standard InChI is InChI=1S/C23H30N2O5/c1-23(2,3)25-21(28)15-10-9-14-16(24-30-12-13-7-5-4-6-8-13)11-17(26)20(27)18(14)19(15)22(25)29/h4-8,14-15,17-20,26-27H,9-12H2,1-3H3/b24-16+/t14-,15+,17+,18-,19+,20+/m0/s1. The lowest BCUT2D eigenvalue weighted by molar-refractivity contribution is -0.146. The number of carbonyl (C=O) groups excluding carboxylic acids is 2. The number of imide groups is 1. The summed E-state index contributed by atoms with van der Waals surface area (Å²) in [6.07, 6.45) is -0.674. The van der Waals surface area contributed by atoms with Crippen molar-refractivity contribution in [1.82, 2.24) is 4.90 Å². The maximum atomic E-state index is 13.3. The van der Waals surface area contributed by atoms with Gasteiger partial charge in [0, 0.05) is 23.8 Å². The zero-order chi connectivity index (χ0) is 21.6. The molecule has 0 bridgehead atoms. The Labute approximate surface area is 176 Å². The molecule has 162 valence electrons. The highest BCUT2D eigenvalue weighted by Crippen LogP contribution is 2.50. The lowest BCUT2D eigenvalue weighted by Crippen LogP contribution is -2.55. The number of fused-ring (bicyclic) bond motifs is 3. The smallest absolute Gasteiger partial charge is 0.233 e. The van der Waals surface area contributed by atoms with E-state index in [0.29, 0.717) is 25.2 Å². The quantitative estimate of drug-likeness (QED) is 0.583. The van der Waals surface area contributed by atoms with Crippen LogP contribution in [0.1, 0.15) is 45.6 Å². The largest absolute Gasteiger partial charge is 0.391 e. The first-order chi connectivity index (χ1) is 14.2. The summed E-state index contributed by atoms with van der Waals surface area (Å²) >= 11 is 0. The Bertz CT molecular complexity index is 847. The molecule has 6 atom stereocenters. The second-order valence-corrected chi connectivity index (χ2v) is 9.68. The predicted octanol–water partition coefficient (Wildman–Crippen LogP) is 2.11. The highest BCUT2D eigenvalue weighted by Gasteiger charge is 2.61. The van der Waals surface area contributed by atoms with Gasteiger partial charge in [0.25, 0.3) is 0 Å². The fourth-order valence-electron chi connectivity index (χ4n) is 5.40. The summed E-state index contributed by atoms with van der Waals surface area (Å²) in [6.45, 7) is 5.83. The van der Waals surface area contributed by atoms with E-state index < -0.39 is 35.5 Å². The third-order valence-electron chi connectivity index (χ3n) is 6.71. The summed E-state index contributed by atoms with van der Waals surface area (Å²) in [5.74, 6) is -2.19. The Kier molecular flexibility index (Phi) is 5.45. The monoisotopic (exact) mass is 414 g/mol. The molecule has 2 amide bonds. The number of aliphatic hydroxyl groups is 2. The second-order valence-electron chi connectivity index (χ2n) is 9.68. The summed E-state index contributed by atoms with van der Waals surface area (Å²) in [7, 11) is 0. The molecule has 1 saturated heterocycles. The van der Waals surface area contributed by atoms with Gasteiger partial charge in [-0.25, -0.2) is 0 Å². The van der Waals surface area contributed by atoms with E-state index in [9.17, 15) is 19.8 Å². The van der Waals surface area contributed by atoms with Crippen LogP contribution >= 0.6 is 0 Å². The minimum absolute atomic E-state index is 0.165. The molecule has 7 heteroatoms. The molecular formula is C23H30N2O5. The Morgan fingerprint density at radius 1 is 1.07 bits per heavy atom. The van der Waals surface area contributed by atoms with E-state index in [0.717, 1.165) is 5.56 Å². The van der Waals surface area contributed by atoms with E-state index in [1.54, 1.807) is 0 Å². The van der Waals surface area contributed by atoms with E-state index >= 15 is 0 Å². The molecule has 0 radical (unpaired) electrons. The van der Waals surface area contributed by atoms with E-state index in [4.69, 9.17) is 4.84 Å². The van der Waals surface area contributed by atoms with Crippen LogP contribution in [0.25, 0.3) is 0 Å². The number of likely N-dealkylation sites (tertiary alicyclic amines) is 1. The van der Waals surface area contributed by atoms with Crippen LogP contribution in [0.5, 0.6) is 0 Å². The van der Waals surface area contributed by atoms with Crippen molar-refractivity contribution < 1.29 is 24.6 Å². The van der Waals surface area contributed by atoms with Gasteiger partial charge in [-0.15, -0.1) is 0 Å². The number of nitrogens with zero attached hydrogens (tertiary/aromatic N) is 2. The minimum atomic E-state index is -1.06. The van der Waals surface area contributed by atoms with Gasteiger partial charge < -0.3 is 15.1 Å². The summed E-state index contributed by atoms with van der Waals surface area (Å²) in [5, 5.41) is 25.6. The summed E-state index contributed by atoms with van der Waals surface area (Å²) in [4.78, 5) is 33.1. The molecule has 7 nitrogen and oxygen atoms in total. The summed E-state index contributed by atoms with van der Waals surface area (Å²) in [6, 6.07) is 9.66. The molecule has 2 saturated carbocycles. The summed E-state index contributed by atoms with van der Waals surface area (Å²) < 4.78 is 0. The van der Waals surface area contributed by atoms with Crippen LogP contribution in [0.15, 0.2) is 35.5 Å². The Morgan fingerprint density at radius 3 is 2.40 bits per heavy atom. The molecular weight excluding hydrogens is 384 g/mol. The molecule has 3 aliphatic rings. The van der Waals surface area contributed by atoms with Gasteiger partial charge in [-0.1, -0.05) is 35.5 Å². The third kappa shape index (κ3) is 3.54. The normalized spacial score (nSPS) is 35.4. The van der Waals surface area contributed by atoms with Crippen molar-refractivity contribution in [1.29, 1.82) is 0 Å². The van der Waals surface area contributed by atoms with Crippen molar-refractivity contribution in [2.24, 2.45) is 28.8 Å². The molecule has 0 spiro atoms. The van der Waals surface area contributed by atoms with Crippen molar-refractivity contribution in [3.05, 3.63) is 35.9 Å². The molecule has 2 aliphatic carbocycles. The van der Waals surface area contributed by atoms with Crippen LogP contribution in [0.4, 0.5) is 0 Å². The van der Waals surface area contributed by atoms with Gasteiger partial charge in [0.1, 0.15) is 6.61 Å². The molecule has 0 aromatic heterocycles. The fraction of sp³-hybridized carbons (Fsp3) is 0.609. The van der Waals surface area contributed by atoms with Gasteiger partial charge in [0.15, 0.2) is 0 Å². The van der Waals surface area contributed by atoms with E-state index in [1.807, 2.05) is 51.1 Å². The topological polar surface area (TPSA) is 99.4 Å². The highest BCUT2D eigenvalue weighted by molar-refractivity contribution is 6.06. The minimum Gasteiger partial charge on any atom is -0.391 e. The fourth-order valence-corrected chi connectivity index (χ4v) is 5.40. The van der Waals surface area contributed by atoms with Gasteiger partial charge in [-0.05, 0) is 39.2 Å². The average Bonchev–Trinajstić information content (AvgIpc) is 2.96. The maximum absolute atomic E-state index is 13.3. The van der Waals surface area contributed by atoms with Crippen LogP contribution < -0.4 is 0 Å². The molecule has 2 N–H and O–H groups in total. The first-order valence-electron chi connectivity index (χ1n) is 10.7. The number of carbonyl (C=O) groups is 2. The van der Waals surface area contributed by atoms with Crippen LogP contribution in [0, 0.1) is 23.7 Å². The second kappa shape index (κ2) is 7.78. The molecule has 30 heavy (non-hydrogen) atoms. The van der Waals surface area contributed by atoms with Crippen LogP contribution in [0.3, 0.4) is 0 Å². The predicted molar refractivity (Wildman–Crippen MR) is 110 cm³/mol. The molecule has 1 aromatic rings. The number of amides is 2. The molecule has 1 aromatic carbocycles. The first kappa shape index (κ1) is 21.0. The number of hydrogen-bond acceptors (Lipinski definition) is 6. The third-order valence-corrected chi connectivity index (χ3v) is 6.71. The molecule has 0 unspecified atom stereocenters. The lowest BCUT2D eigenvalue weighted by atomic mass is 9.60. The molecule has 3 fully saturated rings. The van der Waals surface area contributed by atoms with Gasteiger partial charge in [-0.3, -0.25) is 14.5 Å². The zero-order valence-corrected chi connectivity index (χ0v) is 17.7. The summed E-state index contributed by atoms with van der Waals surface area (Å²) in [5.41, 5.74) is 1.03. The first-order valence-corrected chi connectivity index (χ1v) is 10.7. The Morgan fingerprint density at radius 2 is 1.73 bits per heavy atom. The average molecular weight is 415 g/mol. The Hall–Kier alpha value is -2.25. The van der Waals surface area contributed by atoms with Crippen molar-refractivity contribution >= 4 is 17.5 Å². The SMILES string of the molecule is CC(C)(C)N1C(=O)[C@H]2[C@H]3[C@H](O)[C@H](O)C/C(=N\OCc4ccccc4)[C@@H]3CC[C@H]2C1=O. The van der Waals surface area contributed by atoms with Crippen molar-refractivity contribution in [3.63, 3.8) is 0 Å². The highest BCUT2D eigenvalue weighted by atomic mass is 16.6. The van der Waals surface area contributed by atoms with E-state index in [1.165, 1.54) is 4.90 Å². The maximum Gasteiger partial charge on any atom is 0.233 e. The number of oxime groups is 1. The molecule has 4 rings (SSSR count). The van der Waals surface area contributed by atoms with E-state index in [-0.39, 0.29) is 24.2 Å². The lowest BCUT2D eigenvalue weighted by Gasteiger charge is -2.45. The van der Waals surface area contributed by atoms with E-state index in [2.05, 4.69) is 5.16 Å². The number of benzene rings is 1. The van der Waals surface area contributed by atoms with Crippen molar-refractivity contribution in [2.45, 2.75) is 64.4 Å². The van der Waals surface area contributed by atoms with Gasteiger partial charge in [-0.2, -0.15) is 0 Å².